The molecule has 0 bridgehead atoms. The standard InChI is InChI=1S/C6H10N/c1-7-5-3-2-4-6-7/h3H,4-6H2,1H3. The van der Waals surface area contributed by atoms with Crippen LogP contribution in [0.5, 0.6) is 0 Å². The van der Waals surface area contributed by atoms with Crippen LogP contribution in [-0.4, -0.2) is 25.0 Å². The molecule has 0 saturated carbocycles. The molecule has 0 N–H and O–H groups in total. The van der Waals surface area contributed by atoms with Crippen molar-refractivity contribution < 1.29 is 0 Å². The van der Waals surface area contributed by atoms with E-state index in [9.17, 15) is 0 Å². The highest BCUT2D eigenvalue weighted by atomic mass is 15.1. The van der Waals surface area contributed by atoms with Crippen LogP contribution in [0.2, 0.25) is 0 Å². The summed E-state index contributed by atoms with van der Waals surface area (Å²) >= 11 is 0. The van der Waals surface area contributed by atoms with E-state index in [0.29, 0.717) is 0 Å². The average Bonchev–Trinajstić information content (AvgIpc) is 1.69. The van der Waals surface area contributed by atoms with Crippen molar-refractivity contribution in [1.82, 2.24) is 4.90 Å². The SMILES string of the molecule is CN1CC=[C]CC1. The van der Waals surface area contributed by atoms with E-state index >= 15 is 0 Å². The van der Waals surface area contributed by atoms with Gasteiger partial charge in [-0.1, -0.05) is 6.08 Å². The van der Waals surface area contributed by atoms with E-state index in [4.69, 9.17) is 0 Å². The molecule has 0 spiro atoms. The quantitative estimate of drug-likeness (QED) is 0.428. The largest absolute Gasteiger partial charge is 0.302 e. The predicted octanol–water partition coefficient (Wildman–Crippen LogP) is 0.681. The Kier molecular flexibility index (Phi) is 1.47. The molecule has 7 heavy (non-hydrogen) atoms. The smallest absolute Gasteiger partial charge is 0.0166 e. The Labute approximate surface area is 44.6 Å². The molecular formula is C6H10N. The van der Waals surface area contributed by atoms with Gasteiger partial charge >= 0.3 is 0 Å². The molecule has 1 radical (unpaired) electrons. The Morgan fingerprint density at radius 3 is 2.86 bits per heavy atom. The molecule has 39 valence electrons. The first-order valence-corrected chi connectivity index (χ1v) is 2.63. The van der Waals surface area contributed by atoms with Crippen molar-refractivity contribution in [2.45, 2.75) is 6.42 Å². The molecule has 1 aliphatic heterocycles. The highest BCUT2D eigenvalue weighted by Crippen LogP contribution is 1.94. The maximum absolute atomic E-state index is 3.15. The van der Waals surface area contributed by atoms with E-state index in [1.807, 2.05) is 0 Å². The molecule has 0 saturated heterocycles. The molecule has 1 rings (SSSR count). The van der Waals surface area contributed by atoms with Gasteiger partial charge in [0.05, 0.1) is 0 Å². The van der Waals surface area contributed by atoms with Crippen LogP contribution in [0.3, 0.4) is 0 Å². The lowest BCUT2D eigenvalue weighted by atomic mass is 10.3. The maximum atomic E-state index is 3.15. The lowest BCUT2D eigenvalue weighted by molar-refractivity contribution is 0.362. The third-order valence-corrected chi connectivity index (χ3v) is 1.19. The fourth-order valence-electron chi connectivity index (χ4n) is 0.669. The van der Waals surface area contributed by atoms with E-state index in [-0.39, 0.29) is 0 Å². The van der Waals surface area contributed by atoms with Crippen LogP contribution in [0.15, 0.2) is 6.08 Å². The first-order chi connectivity index (χ1) is 3.39. The van der Waals surface area contributed by atoms with Gasteiger partial charge in [-0.25, -0.2) is 0 Å². The summed E-state index contributed by atoms with van der Waals surface area (Å²) in [5, 5.41) is 0. The lowest BCUT2D eigenvalue weighted by Gasteiger charge is -2.15. The summed E-state index contributed by atoms with van der Waals surface area (Å²) in [5.41, 5.74) is 0. The lowest BCUT2D eigenvalue weighted by Crippen LogP contribution is -2.21. The van der Waals surface area contributed by atoms with E-state index in [1.165, 1.54) is 6.54 Å². The Balaban J connectivity index is 2.32. The van der Waals surface area contributed by atoms with E-state index < -0.39 is 0 Å². The number of hydrogen-bond donors (Lipinski definition) is 0. The number of hydrogen-bond acceptors (Lipinski definition) is 1. The Bertz CT molecular complexity index is 76.2. The Morgan fingerprint density at radius 2 is 2.57 bits per heavy atom. The van der Waals surface area contributed by atoms with Crippen molar-refractivity contribution in [3.8, 4) is 0 Å². The van der Waals surface area contributed by atoms with Crippen molar-refractivity contribution in [1.29, 1.82) is 0 Å². The van der Waals surface area contributed by atoms with E-state index in [0.717, 1.165) is 13.0 Å². The van der Waals surface area contributed by atoms with Gasteiger partial charge in [-0.05, 0) is 19.5 Å². The zero-order chi connectivity index (χ0) is 5.11. The van der Waals surface area contributed by atoms with Gasteiger partial charge in [0.2, 0.25) is 0 Å². The summed E-state index contributed by atoms with van der Waals surface area (Å²) in [7, 11) is 2.12. The van der Waals surface area contributed by atoms with Gasteiger partial charge in [0, 0.05) is 13.1 Å². The van der Waals surface area contributed by atoms with Gasteiger partial charge in [0.25, 0.3) is 0 Å². The average molecular weight is 96.2 g/mol. The minimum absolute atomic E-state index is 1.08. The van der Waals surface area contributed by atoms with Crippen LogP contribution in [0.1, 0.15) is 6.42 Å². The summed E-state index contributed by atoms with van der Waals surface area (Å²) in [4.78, 5) is 2.27. The molecule has 0 aliphatic carbocycles. The van der Waals surface area contributed by atoms with Crippen LogP contribution >= 0.6 is 0 Å². The number of rotatable bonds is 0. The van der Waals surface area contributed by atoms with Crippen molar-refractivity contribution in [3.05, 3.63) is 12.2 Å². The zero-order valence-corrected chi connectivity index (χ0v) is 4.65. The second kappa shape index (κ2) is 2.12. The highest BCUT2D eigenvalue weighted by Gasteiger charge is 1.96. The van der Waals surface area contributed by atoms with E-state index in [2.05, 4.69) is 24.1 Å². The topological polar surface area (TPSA) is 3.24 Å². The van der Waals surface area contributed by atoms with Gasteiger partial charge < -0.3 is 4.90 Å². The molecule has 1 nitrogen and oxygen atoms in total. The summed E-state index contributed by atoms with van der Waals surface area (Å²) in [6.07, 6.45) is 6.34. The predicted molar refractivity (Wildman–Crippen MR) is 29.9 cm³/mol. The first-order valence-electron chi connectivity index (χ1n) is 2.63. The van der Waals surface area contributed by atoms with Crippen molar-refractivity contribution in [2.75, 3.05) is 20.1 Å². The molecule has 1 aliphatic rings. The van der Waals surface area contributed by atoms with Crippen molar-refractivity contribution in [2.24, 2.45) is 0 Å². The van der Waals surface area contributed by atoms with Gasteiger partial charge in [-0.2, -0.15) is 0 Å². The second-order valence-electron chi connectivity index (χ2n) is 1.92. The molecule has 0 atom stereocenters. The Morgan fingerprint density at radius 1 is 1.71 bits per heavy atom. The Hall–Kier alpha value is -0.300. The van der Waals surface area contributed by atoms with Gasteiger partial charge in [0.1, 0.15) is 0 Å². The highest BCUT2D eigenvalue weighted by molar-refractivity contribution is 4.82. The summed E-state index contributed by atoms with van der Waals surface area (Å²) in [6.45, 7) is 2.26. The summed E-state index contributed by atoms with van der Waals surface area (Å²) < 4.78 is 0. The van der Waals surface area contributed by atoms with Gasteiger partial charge in [-0.15, -0.1) is 0 Å². The van der Waals surface area contributed by atoms with Crippen LogP contribution in [-0.2, 0) is 0 Å². The van der Waals surface area contributed by atoms with Gasteiger partial charge in [0.15, 0.2) is 0 Å². The zero-order valence-electron chi connectivity index (χ0n) is 4.65. The first kappa shape index (κ1) is 4.85. The summed E-state index contributed by atoms with van der Waals surface area (Å²) in [6, 6.07) is 0. The fourth-order valence-corrected chi connectivity index (χ4v) is 0.669. The van der Waals surface area contributed by atoms with Crippen molar-refractivity contribution >= 4 is 0 Å². The molecule has 0 fully saturated rings. The normalized spacial score (nSPS) is 23.0. The van der Waals surface area contributed by atoms with Crippen molar-refractivity contribution in [3.63, 3.8) is 0 Å². The van der Waals surface area contributed by atoms with Gasteiger partial charge in [-0.3, -0.25) is 0 Å². The number of nitrogens with zero attached hydrogens (tertiary/aromatic N) is 1. The molecule has 0 unspecified atom stereocenters. The molecule has 0 aromatic carbocycles. The third-order valence-electron chi connectivity index (χ3n) is 1.19. The molecule has 1 heteroatoms. The monoisotopic (exact) mass is 96.1 g/mol. The molecule has 0 amide bonds. The molecule has 0 aromatic heterocycles. The molecule has 0 aromatic rings. The number of likely N-dealkylation sites (N-methyl/N-ethyl adjacent to an activating group) is 1. The van der Waals surface area contributed by atoms with Crippen LogP contribution in [0, 0.1) is 6.08 Å². The third kappa shape index (κ3) is 1.32. The minimum Gasteiger partial charge on any atom is -0.302 e. The van der Waals surface area contributed by atoms with Crippen LogP contribution in [0.25, 0.3) is 0 Å². The summed E-state index contributed by atoms with van der Waals surface area (Å²) in [5.74, 6) is 0. The maximum Gasteiger partial charge on any atom is 0.0166 e. The van der Waals surface area contributed by atoms with E-state index in [1.54, 1.807) is 0 Å². The van der Waals surface area contributed by atoms with Crippen LogP contribution < -0.4 is 0 Å². The van der Waals surface area contributed by atoms with Crippen LogP contribution in [0.4, 0.5) is 0 Å². The molecular weight excluding hydrogens is 86.1 g/mol. The molecule has 1 heterocycles. The fraction of sp³-hybridized carbons (Fsp3) is 0.667. The minimum atomic E-state index is 1.08. The second-order valence-corrected chi connectivity index (χ2v) is 1.92.